The topological polar surface area (TPSA) is 84.9 Å². The Morgan fingerprint density at radius 3 is 2.58 bits per heavy atom. The fourth-order valence-electron chi connectivity index (χ4n) is 3.71. The Bertz CT molecular complexity index is 1040. The van der Waals surface area contributed by atoms with Gasteiger partial charge in [-0.25, -0.2) is 8.42 Å². The monoisotopic (exact) mass is 446 g/mol. The van der Waals surface area contributed by atoms with Gasteiger partial charge in [-0.15, -0.1) is 0 Å². The van der Waals surface area contributed by atoms with Crippen LogP contribution in [0, 0.1) is 5.92 Å². The van der Waals surface area contributed by atoms with Crippen LogP contribution in [0.4, 0.5) is 5.69 Å². The normalized spacial score (nSPS) is 17.4. The van der Waals surface area contributed by atoms with Crippen molar-refractivity contribution in [3.05, 3.63) is 48.0 Å². The molecule has 168 valence electrons. The largest absolute Gasteiger partial charge is 0.497 e. The molecule has 0 radical (unpaired) electrons. The van der Waals surface area contributed by atoms with Gasteiger partial charge in [0, 0.05) is 24.8 Å². The smallest absolute Gasteiger partial charge is 0.246 e. The van der Waals surface area contributed by atoms with E-state index in [2.05, 4.69) is 5.32 Å². The minimum Gasteiger partial charge on any atom is -0.497 e. The summed E-state index contributed by atoms with van der Waals surface area (Å²) in [4.78, 5) is 13.0. The van der Waals surface area contributed by atoms with Gasteiger partial charge in [0.2, 0.25) is 15.9 Å². The second-order valence-electron chi connectivity index (χ2n) is 7.99. The van der Waals surface area contributed by atoms with Crippen molar-refractivity contribution >= 4 is 21.6 Å². The van der Waals surface area contributed by atoms with Crippen molar-refractivity contribution in [2.75, 3.05) is 32.6 Å². The van der Waals surface area contributed by atoms with E-state index in [-0.39, 0.29) is 23.3 Å². The molecule has 1 N–H and O–H groups in total. The van der Waals surface area contributed by atoms with Crippen LogP contribution >= 0.6 is 0 Å². The highest BCUT2D eigenvalue weighted by Crippen LogP contribution is 2.32. The van der Waals surface area contributed by atoms with Crippen molar-refractivity contribution in [3.8, 4) is 11.5 Å². The highest BCUT2D eigenvalue weighted by Gasteiger charge is 2.35. The highest BCUT2D eigenvalue weighted by molar-refractivity contribution is 7.89. The summed E-state index contributed by atoms with van der Waals surface area (Å²) >= 11 is 0. The molecule has 1 saturated heterocycles. The quantitative estimate of drug-likeness (QED) is 0.698. The van der Waals surface area contributed by atoms with E-state index >= 15 is 0 Å². The van der Waals surface area contributed by atoms with Gasteiger partial charge in [-0.3, -0.25) is 4.79 Å². The van der Waals surface area contributed by atoms with E-state index in [9.17, 15) is 13.2 Å². The molecule has 3 rings (SSSR count). The molecule has 1 aliphatic rings. The maximum Gasteiger partial charge on any atom is 0.246 e. The fraction of sp³-hybridized carbons (Fsp3) is 0.435. The molecular formula is C23H30N2O5S. The van der Waals surface area contributed by atoms with Crippen LogP contribution in [0.1, 0.15) is 38.2 Å². The average Bonchev–Trinajstić information content (AvgIpc) is 2.78. The number of carbonyl (C=O) groups is 1. The summed E-state index contributed by atoms with van der Waals surface area (Å²) in [7, 11) is -0.777. The third kappa shape index (κ3) is 5.19. The number of hydrogen-bond acceptors (Lipinski definition) is 5. The van der Waals surface area contributed by atoms with Crippen molar-refractivity contribution in [1.29, 1.82) is 0 Å². The lowest BCUT2D eigenvalue weighted by atomic mass is 9.98. The SMILES string of the molecule is COc1cccc(NC(=O)[C@@H]2CCCN(S(=O)(=O)c3cc(C(C)C)ccc3OC)C2)c1. The van der Waals surface area contributed by atoms with Crippen LogP contribution in [-0.2, 0) is 14.8 Å². The van der Waals surface area contributed by atoms with Gasteiger partial charge >= 0.3 is 0 Å². The lowest BCUT2D eigenvalue weighted by Crippen LogP contribution is -2.43. The maximum absolute atomic E-state index is 13.4. The number of anilines is 1. The van der Waals surface area contributed by atoms with Gasteiger partial charge in [-0.05, 0) is 48.6 Å². The Balaban J connectivity index is 1.80. The van der Waals surface area contributed by atoms with Gasteiger partial charge in [0.15, 0.2) is 0 Å². The number of carbonyl (C=O) groups excluding carboxylic acids is 1. The Morgan fingerprint density at radius 1 is 1.13 bits per heavy atom. The highest BCUT2D eigenvalue weighted by atomic mass is 32.2. The van der Waals surface area contributed by atoms with Crippen LogP contribution in [0.5, 0.6) is 11.5 Å². The molecule has 0 aromatic heterocycles. The second-order valence-corrected chi connectivity index (χ2v) is 9.89. The molecule has 0 spiro atoms. The molecule has 1 amide bonds. The summed E-state index contributed by atoms with van der Waals surface area (Å²) in [5.74, 6) is 0.503. The van der Waals surface area contributed by atoms with Crippen LogP contribution in [0.15, 0.2) is 47.4 Å². The molecule has 0 unspecified atom stereocenters. The summed E-state index contributed by atoms with van der Waals surface area (Å²) in [6.07, 6.45) is 1.24. The molecular weight excluding hydrogens is 416 g/mol. The van der Waals surface area contributed by atoms with Crippen LogP contribution in [-0.4, -0.2) is 45.9 Å². The molecule has 1 heterocycles. The van der Waals surface area contributed by atoms with Gasteiger partial charge < -0.3 is 14.8 Å². The van der Waals surface area contributed by atoms with Crippen molar-refractivity contribution in [2.24, 2.45) is 5.92 Å². The first-order chi connectivity index (χ1) is 14.8. The van der Waals surface area contributed by atoms with Crippen LogP contribution in [0.25, 0.3) is 0 Å². The van der Waals surface area contributed by atoms with Gasteiger partial charge in [-0.2, -0.15) is 4.31 Å². The molecule has 1 fully saturated rings. The molecule has 7 nitrogen and oxygen atoms in total. The summed E-state index contributed by atoms with van der Waals surface area (Å²) < 4.78 is 38.8. The first kappa shape index (κ1) is 23.1. The molecule has 1 atom stereocenters. The zero-order valence-corrected chi connectivity index (χ0v) is 19.2. The van der Waals surface area contributed by atoms with E-state index in [1.54, 1.807) is 43.5 Å². The maximum atomic E-state index is 13.4. The Labute approximate surface area is 184 Å². The molecule has 8 heteroatoms. The summed E-state index contributed by atoms with van der Waals surface area (Å²) in [5.41, 5.74) is 1.54. The van der Waals surface area contributed by atoms with Crippen molar-refractivity contribution < 1.29 is 22.7 Å². The van der Waals surface area contributed by atoms with Crippen molar-refractivity contribution in [2.45, 2.75) is 37.5 Å². The third-order valence-corrected chi connectivity index (χ3v) is 7.45. The van der Waals surface area contributed by atoms with Gasteiger partial charge in [0.05, 0.1) is 20.1 Å². The van der Waals surface area contributed by atoms with Gasteiger partial charge in [0.1, 0.15) is 16.4 Å². The number of methoxy groups -OCH3 is 2. The number of hydrogen-bond donors (Lipinski definition) is 1. The molecule has 0 aliphatic carbocycles. The number of amides is 1. The molecule has 2 aromatic rings. The summed E-state index contributed by atoms with van der Waals surface area (Å²) in [5, 5.41) is 2.88. The second kappa shape index (κ2) is 9.70. The number of sulfonamides is 1. The number of ether oxygens (including phenoxy) is 2. The molecule has 0 saturated carbocycles. The average molecular weight is 447 g/mol. The standard InChI is InChI=1S/C23H30N2O5S/c1-16(2)17-10-11-21(30-4)22(13-17)31(27,28)25-12-6-7-18(15-25)23(26)24-19-8-5-9-20(14-19)29-3/h5,8-11,13-14,16,18H,6-7,12,15H2,1-4H3,(H,24,26)/t18-/m1/s1. The number of benzene rings is 2. The van der Waals surface area contributed by atoms with E-state index in [4.69, 9.17) is 9.47 Å². The van der Waals surface area contributed by atoms with Crippen LogP contribution < -0.4 is 14.8 Å². The summed E-state index contributed by atoms with van der Waals surface area (Å²) in [6.45, 7) is 4.53. The predicted octanol–water partition coefficient (Wildman–Crippen LogP) is 3.87. The predicted molar refractivity (Wildman–Crippen MR) is 120 cm³/mol. The molecule has 2 aromatic carbocycles. The zero-order chi connectivity index (χ0) is 22.6. The van der Waals surface area contributed by atoms with Crippen LogP contribution in [0.3, 0.4) is 0 Å². The number of nitrogens with zero attached hydrogens (tertiary/aromatic N) is 1. The minimum atomic E-state index is -3.80. The van der Waals surface area contributed by atoms with Crippen molar-refractivity contribution in [1.82, 2.24) is 4.31 Å². The Morgan fingerprint density at radius 2 is 1.90 bits per heavy atom. The Hall–Kier alpha value is -2.58. The molecule has 0 bridgehead atoms. The first-order valence-corrected chi connectivity index (χ1v) is 11.8. The molecule has 1 aliphatic heterocycles. The van der Waals surface area contributed by atoms with E-state index in [0.717, 1.165) is 5.56 Å². The van der Waals surface area contributed by atoms with E-state index < -0.39 is 15.9 Å². The lowest BCUT2D eigenvalue weighted by Gasteiger charge is -2.31. The zero-order valence-electron chi connectivity index (χ0n) is 18.4. The minimum absolute atomic E-state index is 0.132. The van der Waals surface area contributed by atoms with E-state index in [0.29, 0.717) is 36.6 Å². The van der Waals surface area contributed by atoms with Gasteiger partial charge in [-0.1, -0.05) is 26.0 Å². The fourth-order valence-corrected chi connectivity index (χ4v) is 5.43. The summed E-state index contributed by atoms with van der Waals surface area (Å²) in [6, 6.07) is 12.3. The lowest BCUT2D eigenvalue weighted by molar-refractivity contribution is -0.120. The van der Waals surface area contributed by atoms with Gasteiger partial charge in [0.25, 0.3) is 0 Å². The third-order valence-electron chi connectivity index (χ3n) is 5.56. The number of rotatable bonds is 7. The van der Waals surface area contributed by atoms with Crippen molar-refractivity contribution in [3.63, 3.8) is 0 Å². The molecule has 31 heavy (non-hydrogen) atoms. The Kier molecular flexibility index (Phi) is 7.23. The van der Waals surface area contributed by atoms with E-state index in [1.807, 2.05) is 19.9 Å². The van der Waals surface area contributed by atoms with E-state index in [1.165, 1.54) is 11.4 Å². The first-order valence-electron chi connectivity index (χ1n) is 10.4. The number of nitrogens with one attached hydrogen (secondary N) is 1. The number of piperidine rings is 1. The van der Waals surface area contributed by atoms with Crippen LogP contribution in [0.2, 0.25) is 0 Å².